The molecule has 0 amide bonds. The van der Waals surface area contributed by atoms with Gasteiger partial charge in [0.15, 0.2) is 0 Å². The fourth-order valence-corrected chi connectivity index (χ4v) is 2.02. The summed E-state index contributed by atoms with van der Waals surface area (Å²) in [5.41, 5.74) is 0.955. The number of nitrogens with one attached hydrogen (secondary N) is 1. The highest BCUT2D eigenvalue weighted by molar-refractivity contribution is 9.10. The highest BCUT2D eigenvalue weighted by Crippen LogP contribution is 2.21. The normalized spacial score (nSPS) is 12.9. The van der Waals surface area contributed by atoms with E-state index in [4.69, 9.17) is 0 Å². The second-order valence-corrected chi connectivity index (χ2v) is 5.16. The van der Waals surface area contributed by atoms with Crippen LogP contribution < -0.4 is 5.32 Å². The van der Waals surface area contributed by atoms with E-state index in [1.165, 1.54) is 6.07 Å². The van der Waals surface area contributed by atoms with Crippen LogP contribution in [-0.2, 0) is 0 Å². The van der Waals surface area contributed by atoms with E-state index in [2.05, 4.69) is 42.0 Å². The molecule has 1 atom stereocenters. The quantitative estimate of drug-likeness (QED) is 0.856. The van der Waals surface area contributed by atoms with Crippen molar-refractivity contribution in [2.24, 2.45) is 5.92 Å². The summed E-state index contributed by atoms with van der Waals surface area (Å²) in [6, 6.07) is 5.40. The van der Waals surface area contributed by atoms with Gasteiger partial charge < -0.3 is 5.32 Å². The van der Waals surface area contributed by atoms with E-state index in [9.17, 15) is 4.39 Å². The molecule has 0 aliphatic carbocycles. The molecular formula is C12H17BrFN. The number of halogens is 2. The highest BCUT2D eigenvalue weighted by Gasteiger charge is 2.06. The zero-order valence-corrected chi connectivity index (χ0v) is 10.9. The van der Waals surface area contributed by atoms with Crippen molar-refractivity contribution < 1.29 is 4.39 Å². The van der Waals surface area contributed by atoms with Crippen LogP contribution in [0.4, 0.5) is 10.1 Å². The predicted octanol–water partition coefficient (Wildman–Crippen LogP) is 4.43. The Labute approximate surface area is 99.2 Å². The molecule has 0 aromatic heterocycles. The Hall–Kier alpha value is -0.570. The molecule has 0 aliphatic heterocycles. The van der Waals surface area contributed by atoms with Crippen molar-refractivity contribution in [2.75, 3.05) is 5.32 Å². The summed E-state index contributed by atoms with van der Waals surface area (Å²) in [5, 5.41) is 3.34. The molecule has 0 saturated carbocycles. The Kier molecular flexibility index (Phi) is 4.58. The number of rotatable bonds is 4. The van der Waals surface area contributed by atoms with Gasteiger partial charge in [-0.1, -0.05) is 13.8 Å². The maximum absolute atomic E-state index is 13.0. The van der Waals surface area contributed by atoms with Crippen LogP contribution in [0.15, 0.2) is 22.7 Å². The van der Waals surface area contributed by atoms with Gasteiger partial charge in [0.25, 0.3) is 0 Å². The van der Waals surface area contributed by atoms with Crippen molar-refractivity contribution >= 4 is 21.6 Å². The first-order valence-electron chi connectivity index (χ1n) is 5.20. The highest BCUT2D eigenvalue weighted by atomic mass is 79.9. The molecule has 1 unspecified atom stereocenters. The molecule has 1 aromatic carbocycles. The standard InChI is InChI=1S/C12H17BrFN/c1-8(2)6-9(3)15-10-4-5-12(14)11(13)7-10/h4-5,7-9,15H,6H2,1-3H3. The zero-order chi connectivity index (χ0) is 11.4. The summed E-state index contributed by atoms with van der Waals surface area (Å²) in [7, 11) is 0. The zero-order valence-electron chi connectivity index (χ0n) is 9.35. The van der Waals surface area contributed by atoms with Crippen molar-refractivity contribution in [3.8, 4) is 0 Å². The summed E-state index contributed by atoms with van der Waals surface area (Å²) in [4.78, 5) is 0. The minimum absolute atomic E-state index is 0.225. The maximum Gasteiger partial charge on any atom is 0.137 e. The third kappa shape index (κ3) is 4.20. The lowest BCUT2D eigenvalue weighted by atomic mass is 10.1. The lowest BCUT2D eigenvalue weighted by Crippen LogP contribution is -2.17. The molecule has 0 radical (unpaired) electrons. The van der Waals surface area contributed by atoms with Crippen molar-refractivity contribution in [3.05, 3.63) is 28.5 Å². The number of hydrogen-bond acceptors (Lipinski definition) is 1. The molecule has 3 heteroatoms. The molecule has 1 N–H and O–H groups in total. The van der Waals surface area contributed by atoms with Crippen LogP contribution >= 0.6 is 15.9 Å². The summed E-state index contributed by atoms with van der Waals surface area (Å²) in [5.74, 6) is 0.438. The van der Waals surface area contributed by atoms with Crippen LogP contribution in [-0.4, -0.2) is 6.04 Å². The smallest absolute Gasteiger partial charge is 0.137 e. The Morgan fingerprint density at radius 3 is 2.53 bits per heavy atom. The summed E-state index contributed by atoms with van der Waals surface area (Å²) in [6.07, 6.45) is 1.11. The third-order valence-electron chi connectivity index (χ3n) is 2.16. The molecule has 15 heavy (non-hydrogen) atoms. The van der Waals surface area contributed by atoms with Crippen molar-refractivity contribution in [2.45, 2.75) is 33.2 Å². The van der Waals surface area contributed by atoms with E-state index in [0.29, 0.717) is 16.4 Å². The number of anilines is 1. The molecular weight excluding hydrogens is 257 g/mol. The van der Waals surface area contributed by atoms with Gasteiger partial charge in [-0.05, 0) is 53.4 Å². The van der Waals surface area contributed by atoms with E-state index >= 15 is 0 Å². The molecule has 1 rings (SSSR count). The Morgan fingerprint density at radius 1 is 1.33 bits per heavy atom. The van der Waals surface area contributed by atoms with Crippen molar-refractivity contribution in [1.29, 1.82) is 0 Å². The van der Waals surface area contributed by atoms with Gasteiger partial charge in [0.2, 0.25) is 0 Å². The predicted molar refractivity (Wildman–Crippen MR) is 66.6 cm³/mol. The van der Waals surface area contributed by atoms with Crippen LogP contribution in [0.2, 0.25) is 0 Å². The van der Waals surface area contributed by atoms with E-state index in [1.54, 1.807) is 12.1 Å². The van der Waals surface area contributed by atoms with Crippen LogP contribution in [0.5, 0.6) is 0 Å². The van der Waals surface area contributed by atoms with Crippen molar-refractivity contribution in [1.82, 2.24) is 0 Å². The molecule has 0 aliphatic rings. The summed E-state index contributed by atoms with van der Waals surface area (Å²) >= 11 is 3.17. The molecule has 0 fully saturated rings. The average Bonchev–Trinajstić information content (AvgIpc) is 2.10. The van der Waals surface area contributed by atoms with E-state index in [-0.39, 0.29) is 5.82 Å². The number of hydrogen-bond donors (Lipinski definition) is 1. The fraction of sp³-hybridized carbons (Fsp3) is 0.500. The molecule has 0 saturated heterocycles. The SMILES string of the molecule is CC(C)CC(C)Nc1ccc(F)c(Br)c1. The van der Waals surface area contributed by atoms with E-state index in [1.807, 2.05) is 0 Å². The lowest BCUT2D eigenvalue weighted by Gasteiger charge is -2.17. The Morgan fingerprint density at radius 2 is 2.00 bits per heavy atom. The van der Waals surface area contributed by atoms with Gasteiger partial charge in [-0.15, -0.1) is 0 Å². The van der Waals surface area contributed by atoms with Gasteiger partial charge in [0.1, 0.15) is 5.82 Å². The van der Waals surface area contributed by atoms with Crippen LogP contribution in [0, 0.1) is 11.7 Å². The minimum Gasteiger partial charge on any atom is -0.383 e. The van der Waals surface area contributed by atoms with Crippen LogP contribution in [0.25, 0.3) is 0 Å². The van der Waals surface area contributed by atoms with Gasteiger partial charge >= 0.3 is 0 Å². The first-order chi connectivity index (χ1) is 6.99. The fourth-order valence-electron chi connectivity index (χ4n) is 1.64. The molecule has 0 heterocycles. The summed E-state index contributed by atoms with van der Waals surface area (Å²) < 4.78 is 13.5. The first-order valence-corrected chi connectivity index (χ1v) is 6.00. The van der Waals surface area contributed by atoms with E-state index < -0.39 is 0 Å². The van der Waals surface area contributed by atoms with E-state index in [0.717, 1.165) is 12.1 Å². The van der Waals surface area contributed by atoms with Crippen LogP contribution in [0.3, 0.4) is 0 Å². The molecule has 0 bridgehead atoms. The topological polar surface area (TPSA) is 12.0 Å². The van der Waals surface area contributed by atoms with Crippen molar-refractivity contribution in [3.63, 3.8) is 0 Å². The minimum atomic E-state index is -0.225. The van der Waals surface area contributed by atoms with Gasteiger partial charge in [-0.25, -0.2) is 4.39 Å². The monoisotopic (exact) mass is 273 g/mol. The Balaban J connectivity index is 2.60. The van der Waals surface area contributed by atoms with Gasteiger partial charge in [-0.3, -0.25) is 0 Å². The molecule has 1 nitrogen and oxygen atoms in total. The second-order valence-electron chi connectivity index (χ2n) is 4.30. The molecule has 84 valence electrons. The third-order valence-corrected chi connectivity index (χ3v) is 2.77. The Bertz CT molecular complexity index is 325. The van der Waals surface area contributed by atoms with Gasteiger partial charge in [0.05, 0.1) is 4.47 Å². The maximum atomic E-state index is 13.0. The molecule has 1 aromatic rings. The van der Waals surface area contributed by atoms with Gasteiger partial charge in [-0.2, -0.15) is 0 Å². The van der Waals surface area contributed by atoms with Crippen LogP contribution in [0.1, 0.15) is 27.2 Å². The first kappa shape index (κ1) is 12.5. The molecule has 0 spiro atoms. The number of benzene rings is 1. The lowest BCUT2D eigenvalue weighted by molar-refractivity contribution is 0.539. The summed E-state index contributed by atoms with van der Waals surface area (Å²) in [6.45, 7) is 6.52. The largest absolute Gasteiger partial charge is 0.383 e. The average molecular weight is 274 g/mol. The van der Waals surface area contributed by atoms with Gasteiger partial charge in [0, 0.05) is 11.7 Å². The second kappa shape index (κ2) is 5.50.